The molecule has 0 saturated heterocycles. The number of nitrogens with zero attached hydrogens (tertiary/aromatic N) is 4. The van der Waals surface area contributed by atoms with Crippen LogP contribution in [-0.2, 0) is 19.5 Å². The van der Waals surface area contributed by atoms with Crippen molar-refractivity contribution in [3.8, 4) is 0 Å². The van der Waals surface area contributed by atoms with E-state index in [4.69, 9.17) is 4.52 Å². The molecule has 0 saturated carbocycles. The number of hydrogen-bond acceptors (Lipinski definition) is 5. The van der Waals surface area contributed by atoms with Gasteiger partial charge in [0.25, 0.3) is 0 Å². The largest absolute Gasteiger partial charge is 0.340 e. The van der Waals surface area contributed by atoms with E-state index in [2.05, 4.69) is 46.0 Å². The molecular formula is C14H20N4O. The van der Waals surface area contributed by atoms with Gasteiger partial charge in [0, 0.05) is 19.7 Å². The first kappa shape index (κ1) is 13.7. The molecule has 5 nitrogen and oxygen atoms in total. The normalized spacial score (nSPS) is 11.2. The number of aryl methyl sites for hydroxylation is 2. The van der Waals surface area contributed by atoms with E-state index in [9.17, 15) is 0 Å². The molecule has 0 aliphatic rings. The predicted molar refractivity (Wildman–Crippen MR) is 72.4 cm³/mol. The third-order valence-electron chi connectivity index (χ3n) is 3.06. The smallest absolute Gasteiger partial charge is 0.223 e. The van der Waals surface area contributed by atoms with E-state index in [0.29, 0.717) is 12.4 Å². The first-order chi connectivity index (χ1) is 9.21. The van der Waals surface area contributed by atoms with Gasteiger partial charge in [-0.2, -0.15) is 4.98 Å². The maximum absolute atomic E-state index is 4.99. The van der Waals surface area contributed by atoms with Gasteiger partial charge in [-0.25, -0.2) is 0 Å². The van der Waals surface area contributed by atoms with Gasteiger partial charge in [-0.3, -0.25) is 9.88 Å². The number of aromatic nitrogens is 3. The quantitative estimate of drug-likeness (QED) is 0.798. The highest BCUT2D eigenvalue weighted by Crippen LogP contribution is 2.07. The lowest BCUT2D eigenvalue weighted by atomic mass is 10.2. The number of hydrogen-bond donors (Lipinski definition) is 0. The van der Waals surface area contributed by atoms with Crippen molar-refractivity contribution in [3.63, 3.8) is 0 Å². The van der Waals surface area contributed by atoms with Gasteiger partial charge in [-0.05, 0) is 24.6 Å². The van der Waals surface area contributed by atoms with Crippen molar-refractivity contribution >= 4 is 0 Å². The number of pyridine rings is 1. The Morgan fingerprint density at radius 2 is 2.05 bits per heavy atom. The van der Waals surface area contributed by atoms with Crippen LogP contribution in [0.3, 0.4) is 0 Å². The molecule has 0 spiro atoms. The van der Waals surface area contributed by atoms with Gasteiger partial charge in [0.15, 0.2) is 5.82 Å². The van der Waals surface area contributed by atoms with E-state index in [-0.39, 0.29) is 0 Å². The summed E-state index contributed by atoms with van der Waals surface area (Å²) < 4.78 is 4.99. The molecule has 5 heteroatoms. The fraction of sp³-hybridized carbons (Fsp3) is 0.500. The molecule has 0 bridgehead atoms. The van der Waals surface area contributed by atoms with E-state index in [1.165, 1.54) is 5.56 Å². The highest BCUT2D eigenvalue weighted by atomic mass is 16.5. The molecule has 0 aliphatic heterocycles. The second-order valence-corrected chi connectivity index (χ2v) is 4.54. The van der Waals surface area contributed by atoms with Crippen molar-refractivity contribution in [1.29, 1.82) is 0 Å². The summed E-state index contributed by atoms with van der Waals surface area (Å²) in [5, 5.41) is 3.92. The summed E-state index contributed by atoms with van der Waals surface area (Å²) in [6.07, 6.45) is 2.97. The lowest BCUT2D eigenvalue weighted by Crippen LogP contribution is -2.23. The monoisotopic (exact) mass is 260 g/mol. The molecule has 19 heavy (non-hydrogen) atoms. The first-order valence-corrected chi connectivity index (χ1v) is 6.66. The van der Waals surface area contributed by atoms with Crippen molar-refractivity contribution in [3.05, 3.63) is 41.3 Å². The maximum Gasteiger partial charge on any atom is 0.223 e. The van der Waals surface area contributed by atoms with Gasteiger partial charge >= 0.3 is 0 Å². The minimum absolute atomic E-state index is 0.608. The summed E-state index contributed by atoms with van der Waals surface area (Å²) in [5.74, 6) is 1.33. The molecule has 0 amide bonds. The first-order valence-electron chi connectivity index (χ1n) is 6.66. The van der Waals surface area contributed by atoms with Crippen molar-refractivity contribution in [2.75, 3.05) is 6.54 Å². The third-order valence-corrected chi connectivity index (χ3v) is 3.06. The molecule has 2 aromatic rings. The Bertz CT molecular complexity index is 506. The molecule has 0 aromatic carbocycles. The Morgan fingerprint density at radius 1 is 1.21 bits per heavy atom. The zero-order valence-electron chi connectivity index (χ0n) is 11.8. The average Bonchev–Trinajstić information content (AvgIpc) is 2.84. The summed E-state index contributed by atoms with van der Waals surface area (Å²) in [5.41, 5.74) is 2.33. The Morgan fingerprint density at radius 3 is 2.58 bits per heavy atom. The van der Waals surface area contributed by atoms with E-state index in [1.54, 1.807) is 6.92 Å². The molecule has 2 aromatic heterocycles. The Labute approximate surface area is 113 Å². The molecule has 0 aliphatic carbocycles. The Hall–Kier alpha value is -1.75. The zero-order valence-corrected chi connectivity index (χ0v) is 11.8. The molecule has 0 radical (unpaired) electrons. The summed E-state index contributed by atoms with van der Waals surface area (Å²) in [6.45, 7) is 8.46. The molecule has 2 rings (SSSR count). The lowest BCUT2D eigenvalue weighted by Gasteiger charge is -2.17. The van der Waals surface area contributed by atoms with E-state index in [1.807, 2.05) is 6.20 Å². The van der Waals surface area contributed by atoms with Crippen LogP contribution in [0.15, 0.2) is 22.9 Å². The second-order valence-electron chi connectivity index (χ2n) is 4.54. The SMILES string of the molecule is CCc1ccc(CN(CC)Cc2noc(C)n2)nc1. The van der Waals surface area contributed by atoms with Crippen LogP contribution in [0.25, 0.3) is 0 Å². The van der Waals surface area contributed by atoms with Crippen LogP contribution < -0.4 is 0 Å². The van der Waals surface area contributed by atoms with Gasteiger partial charge in [0.2, 0.25) is 5.89 Å². The van der Waals surface area contributed by atoms with Crippen LogP contribution in [0.1, 0.15) is 36.8 Å². The fourth-order valence-electron chi connectivity index (χ4n) is 1.87. The van der Waals surface area contributed by atoms with Crippen LogP contribution in [0, 0.1) is 6.92 Å². The molecule has 2 heterocycles. The molecule has 0 fully saturated rings. The van der Waals surface area contributed by atoms with Crippen LogP contribution in [0.2, 0.25) is 0 Å². The van der Waals surface area contributed by atoms with E-state index in [0.717, 1.165) is 31.0 Å². The molecule has 0 unspecified atom stereocenters. The van der Waals surface area contributed by atoms with Crippen LogP contribution in [-0.4, -0.2) is 26.6 Å². The lowest BCUT2D eigenvalue weighted by molar-refractivity contribution is 0.256. The van der Waals surface area contributed by atoms with Crippen LogP contribution >= 0.6 is 0 Å². The minimum atomic E-state index is 0.608. The summed E-state index contributed by atoms with van der Waals surface area (Å²) in [7, 11) is 0. The van der Waals surface area contributed by atoms with E-state index < -0.39 is 0 Å². The van der Waals surface area contributed by atoms with Crippen LogP contribution in [0.4, 0.5) is 0 Å². The van der Waals surface area contributed by atoms with Crippen molar-refractivity contribution < 1.29 is 4.52 Å². The highest BCUT2D eigenvalue weighted by Gasteiger charge is 2.10. The topological polar surface area (TPSA) is 55.1 Å². The number of rotatable bonds is 6. The summed E-state index contributed by atoms with van der Waals surface area (Å²) in [4.78, 5) is 10.9. The van der Waals surface area contributed by atoms with Gasteiger partial charge in [0.05, 0.1) is 12.2 Å². The molecular weight excluding hydrogens is 240 g/mol. The van der Waals surface area contributed by atoms with Gasteiger partial charge < -0.3 is 4.52 Å². The Kier molecular flexibility index (Phi) is 4.63. The third kappa shape index (κ3) is 3.86. The van der Waals surface area contributed by atoms with E-state index >= 15 is 0 Å². The maximum atomic E-state index is 4.99. The fourth-order valence-corrected chi connectivity index (χ4v) is 1.87. The van der Waals surface area contributed by atoms with Crippen LogP contribution in [0.5, 0.6) is 0 Å². The van der Waals surface area contributed by atoms with Crippen molar-refractivity contribution in [2.45, 2.75) is 40.3 Å². The molecule has 102 valence electrons. The summed E-state index contributed by atoms with van der Waals surface area (Å²) >= 11 is 0. The van der Waals surface area contributed by atoms with Gasteiger partial charge in [-0.15, -0.1) is 0 Å². The summed E-state index contributed by atoms with van der Waals surface area (Å²) in [6, 6.07) is 4.22. The van der Waals surface area contributed by atoms with Crippen molar-refractivity contribution in [2.24, 2.45) is 0 Å². The highest BCUT2D eigenvalue weighted by molar-refractivity contribution is 5.13. The standard InChI is InChI=1S/C14H20N4O/c1-4-12-6-7-13(15-8-12)9-18(5-2)10-14-16-11(3)19-17-14/h6-8H,4-5,9-10H2,1-3H3. The van der Waals surface area contributed by atoms with Crippen molar-refractivity contribution in [1.82, 2.24) is 20.0 Å². The molecule has 0 N–H and O–H groups in total. The molecule has 0 atom stereocenters. The average molecular weight is 260 g/mol. The zero-order chi connectivity index (χ0) is 13.7. The second kappa shape index (κ2) is 6.43. The van der Waals surface area contributed by atoms with Gasteiger partial charge in [0.1, 0.15) is 0 Å². The predicted octanol–water partition coefficient (Wildman–Crippen LogP) is 2.36. The van der Waals surface area contributed by atoms with Gasteiger partial charge in [-0.1, -0.05) is 25.1 Å². The minimum Gasteiger partial charge on any atom is -0.340 e. The Balaban J connectivity index is 1.97.